The molecule has 6 heteroatoms. The Kier molecular flexibility index (Phi) is 4.52. The topological polar surface area (TPSA) is 59.1 Å². The number of ketones is 1. The summed E-state index contributed by atoms with van der Waals surface area (Å²) in [5.74, 6) is 1.58. The standard InChI is InChI=1S/C17H22N2O4/c1-12(2)17(21)19-7-5-18(6-8-19)10-14(20)13-3-4-15-16(9-13)23-11-22-15/h3-4,9,12H,5-8,10-11H2,1-2H3. The molecule has 0 saturated carbocycles. The lowest BCUT2D eigenvalue weighted by molar-refractivity contribution is -0.136. The lowest BCUT2D eigenvalue weighted by Gasteiger charge is -2.35. The second-order valence-corrected chi connectivity index (χ2v) is 6.25. The Morgan fingerprint density at radius 2 is 1.78 bits per heavy atom. The second-order valence-electron chi connectivity index (χ2n) is 6.25. The number of Topliss-reactive ketones (excluding diaryl/α,β-unsaturated/α-hetero) is 1. The van der Waals surface area contributed by atoms with E-state index in [1.54, 1.807) is 18.2 Å². The zero-order valence-corrected chi connectivity index (χ0v) is 13.6. The van der Waals surface area contributed by atoms with Gasteiger partial charge in [0.25, 0.3) is 0 Å². The van der Waals surface area contributed by atoms with Crippen LogP contribution >= 0.6 is 0 Å². The molecule has 2 heterocycles. The van der Waals surface area contributed by atoms with Gasteiger partial charge in [-0.15, -0.1) is 0 Å². The van der Waals surface area contributed by atoms with Crippen LogP contribution in [0, 0.1) is 5.92 Å². The molecule has 0 unspecified atom stereocenters. The first-order chi connectivity index (χ1) is 11.0. The van der Waals surface area contributed by atoms with Gasteiger partial charge in [-0.3, -0.25) is 14.5 Å². The van der Waals surface area contributed by atoms with Gasteiger partial charge in [-0.1, -0.05) is 13.8 Å². The molecular weight excluding hydrogens is 296 g/mol. The zero-order chi connectivity index (χ0) is 16.4. The first kappa shape index (κ1) is 15.8. The smallest absolute Gasteiger partial charge is 0.231 e. The maximum Gasteiger partial charge on any atom is 0.231 e. The molecule has 1 amide bonds. The minimum Gasteiger partial charge on any atom is -0.454 e. The van der Waals surface area contributed by atoms with Crippen molar-refractivity contribution < 1.29 is 19.1 Å². The van der Waals surface area contributed by atoms with Crippen molar-refractivity contribution in [3.05, 3.63) is 23.8 Å². The Balaban J connectivity index is 1.54. The van der Waals surface area contributed by atoms with Crippen LogP contribution < -0.4 is 9.47 Å². The predicted octanol–water partition coefficient (Wildman–Crippen LogP) is 1.40. The normalized spacial score (nSPS) is 17.6. The van der Waals surface area contributed by atoms with Crippen molar-refractivity contribution in [2.24, 2.45) is 5.92 Å². The number of benzene rings is 1. The summed E-state index contributed by atoms with van der Waals surface area (Å²) in [5.41, 5.74) is 0.634. The summed E-state index contributed by atoms with van der Waals surface area (Å²) in [6.07, 6.45) is 0. The molecule has 1 saturated heterocycles. The fourth-order valence-corrected chi connectivity index (χ4v) is 2.86. The Hall–Kier alpha value is -2.08. The molecule has 0 N–H and O–H groups in total. The summed E-state index contributed by atoms with van der Waals surface area (Å²) in [5, 5.41) is 0. The van der Waals surface area contributed by atoms with E-state index >= 15 is 0 Å². The summed E-state index contributed by atoms with van der Waals surface area (Å²) in [6, 6.07) is 5.28. The van der Waals surface area contributed by atoms with Crippen LogP contribution in [0.4, 0.5) is 0 Å². The molecular formula is C17H22N2O4. The van der Waals surface area contributed by atoms with E-state index in [0.29, 0.717) is 36.7 Å². The summed E-state index contributed by atoms with van der Waals surface area (Å²) in [7, 11) is 0. The van der Waals surface area contributed by atoms with E-state index in [1.807, 2.05) is 18.7 Å². The van der Waals surface area contributed by atoms with Gasteiger partial charge in [-0.2, -0.15) is 0 Å². The first-order valence-corrected chi connectivity index (χ1v) is 7.98. The number of hydrogen-bond donors (Lipinski definition) is 0. The Labute approximate surface area is 136 Å². The molecule has 23 heavy (non-hydrogen) atoms. The van der Waals surface area contributed by atoms with Crippen molar-refractivity contribution in [1.29, 1.82) is 0 Å². The maximum atomic E-state index is 12.4. The number of piperazine rings is 1. The summed E-state index contributed by atoms with van der Waals surface area (Å²) >= 11 is 0. The highest BCUT2D eigenvalue weighted by atomic mass is 16.7. The van der Waals surface area contributed by atoms with Crippen LogP contribution in [0.2, 0.25) is 0 Å². The molecule has 124 valence electrons. The largest absolute Gasteiger partial charge is 0.454 e. The van der Waals surface area contributed by atoms with E-state index in [1.165, 1.54) is 0 Å². The van der Waals surface area contributed by atoms with Crippen LogP contribution in [0.3, 0.4) is 0 Å². The Morgan fingerprint density at radius 3 is 2.48 bits per heavy atom. The van der Waals surface area contributed by atoms with Crippen molar-refractivity contribution >= 4 is 11.7 Å². The summed E-state index contributed by atoms with van der Waals surface area (Å²) in [4.78, 5) is 28.4. The van der Waals surface area contributed by atoms with E-state index in [0.717, 1.165) is 13.1 Å². The predicted molar refractivity (Wildman–Crippen MR) is 84.8 cm³/mol. The van der Waals surface area contributed by atoms with Gasteiger partial charge in [-0.05, 0) is 18.2 Å². The van der Waals surface area contributed by atoms with Crippen molar-refractivity contribution in [1.82, 2.24) is 9.80 Å². The third-order valence-electron chi connectivity index (χ3n) is 4.24. The molecule has 0 aliphatic carbocycles. The lowest BCUT2D eigenvalue weighted by Crippen LogP contribution is -2.50. The lowest BCUT2D eigenvalue weighted by atomic mass is 10.1. The van der Waals surface area contributed by atoms with Gasteiger partial charge >= 0.3 is 0 Å². The van der Waals surface area contributed by atoms with Crippen LogP contribution in [-0.4, -0.2) is 61.0 Å². The van der Waals surface area contributed by atoms with Gasteiger partial charge in [0.2, 0.25) is 12.7 Å². The number of amides is 1. The molecule has 2 aliphatic heterocycles. The number of nitrogens with zero attached hydrogens (tertiary/aromatic N) is 2. The molecule has 6 nitrogen and oxygen atoms in total. The van der Waals surface area contributed by atoms with E-state index < -0.39 is 0 Å². The summed E-state index contributed by atoms with van der Waals surface area (Å²) < 4.78 is 10.6. The summed E-state index contributed by atoms with van der Waals surface area (Å²) in [6.45, 7) is 7.23. The van der Waals surface area contributed by atoms with E-state index in [4.69, 9.17) is 9.47 Å². The molecule has 2 aliphatic rings. The minimum absolute atomic E-state index is 0.0248. The number of rotatable bonds is 4. The van der Waals surface area contributed by atoms with Gasteiger partial charge in [0, 0.05) is 37.7 Å². The van der Waals surface area contributed by atoms with E-state index in [2.05, 4.69) is 4.90 Å². The molecule has 0 atom stereocenters. The third-order valence-corrected chi connectivity index (χ3v) is 4.24. The van der Waals surface area contributed by atoms with Crippen molar-refractivity contribution in [2.75, 3.05) is 39.5 Å². The SMILES string of the molecule is CC(C)C(=O)N1CCN(CC(=O)c2ccc3c(c2)OCO3)CC1. The van der Waals surface area contributed by atoms with Gasteiger partial charge in [0.1, 0.15) is 0 Å². The van der Waals surface area contributed by atoms with Crippen LogP contribution in [0.1, 0.15) is 24.2 Å². The van der Waals surface area contributed by atoms with E-state index in [-0.39, 0.29) is 24.4 Å². The quantitative estimate of drug-likeness (QED) is 0.786. The fourth-order valence-electron chi connectivity index (χ4n) is 2.86. The molecule has 0 bridgehead atoms. The monoisotopic (exact) mass is 318 g/mol. The fraction of sp³-hybridized carbons (Fsp3) is 0.529. The molecule has 0 aromatic heterocycles. The molecule has 1 aromatic rings. The van der Waals surface area contributed by atoms with Crippen LogP contribution in [0.5, 0.6) is 11.5 Å². The molecule has 3 rings (SSSR count). The minimum atomic E-state index is 0.0248. The second kappa shape index (κ2) is 6.58. The third kappa shape index (κ3) is 3.47. The van der Waals surface area contributed by atoms with Crippen molar-refractivity contribution in [3.63, 3.8) is 0 Å². The van der Waals surface area contributed by atoms with E-state index in [9.17, 15) is 9.59 Å². The first-order valence-electron chi connectivity index (χ1n) is 7.98. The molecule has 1 fully saturated rings. The number of hydrogen-bond acceptors (Lipinski definition) is 5. The Morgan fingerprint density at radius 1 is 1.09 bits per heavy atom. The van der Waals surface area contributed by atoms with Gasteiger partial charge in [0.15, 0.2) is 17.3 Å². The van der Waals surface area contributed by atoms with Gasteiger partial charge < -0.3 is 14.4 Å². The molecule has 0 spiro atoms. The van der Waals surface area contributed by atoms with Crippen LogP contribution in [-0.2, 0) is 4.79 Å². The maximum absolute atomic E-state index is 12.4. The van der Waals surface area contributed by atoms with Crippen molar-refractivity contribution in [2.45, 2.75) is 13.8 Å². The highest BCUT2D eigenvalue weighted by Crippen LogP contribution is 2.32. The number of carbonyl (C=O) groups is 2. The average molecular weight is 318 g/mol. The zero-order valence-electron chi connectivity index (χ0n) is 13.6. The Bertz CT molecular complexity index is 607. The number of carbonyl (C=O) groups excluding carboxylic acids is 2. The molecule has 0 radical (unpaired) electrons. The number of ether oxygens (including phenoxy) is 2. The highest BCUT2D eigenvalue weighted by molar-refractivity contribution is 5.98. The van der Waals surface area contributed by atoms with Crippen molar-refractivity contribution in [3.8, 4) is 11.5 Å². The van der Waals surface area contributed by atoms with Crippen LogP contribution in [0.25, 0.3) is 0 Å². The number of fused-ring (bicyclic) bond motifs is 1. The average Bonchev–Trinajstić information content (AvgIpc) is 3.02. The molecule has 1 aromatic carbocycles. The van der Waals surface area contributed by atoms with Gasteiger partial charge in [0.05, 0.1) is 6.54 Å². The highest BCUT2D eigenvalue weighted by Gasteiger charge is 2.24. The van der Waals surface area contributed by atoms with Gasteiger partial charge in [-0.25, -0.2) is 0 Å². The van der Waals surface area contributed by atoms with Crippen LogP contribution in [0.15, 0.2) is 18.2 Å².